The fourth-order valence-corrected chi connectivity index (χ4v) is 1.70. The van der Waals surface area contributed by atoms with Gasteiger partial charge in [-0.1, -0.05) is 12.1 Å². The highest BCUT2D eigenvalue weighted by Crippen LogP contribution is 2.06. The highest BCUT2D eigenvalue weighted by atomic mass is 19.1. The quantitative estimate of drug-likeness (QED) is 0.858. The first-order valence-corrected chi connectivity index (χ1v) is 5.74. The molecule has 0 spiro atoms. The summed E-state index contributed by atoms with van der Waals surface area (Å²) in [4.78, 5) is 0. The Bertz CT molecular complexity index is 436. The van der Waals surface area contributed by atoms with Crippen molar-refractivity contribution in [3.63, 3.8) is 0 Å². The molecule has 0 aliphatic heterocycles. The molecule has 1 N–H and O–H groups in total. The number of hydrogen-bond donors (Lipinski definition) is 1. The van der Waals surface area contributed by atoms with Crippen LogP contribution in [-0.2, 0) is 13.0 Å². The van der Waals surface area contributed by atoms with Crippen LogP contribution < -0.4 is 5.32 Å². The summed E-state index contributed by atoms with van der Waals surface area (Å²) >= 11 is 0. The maximum Gasteiger partial charge on any atom is 0.123 e. The van der Waals surface area contributed by atoms with Crippen molar-refractivity contribution in [2.45, 2.75) is 25.9 Å². The lowest BCUT2D eigenvalue weighted by molar-refractivity contribution is 0.456. The molecule has 1 aromatic carbocycles. The van der Waals surface area contributed by atoms with Crippen LogP contribution in [0, 0.1) is 5.82 Å². The molecule has 1 aromatic heterocycles. The van der Waals surface area contributed by atoms with Gasteiger partial charge in [-0.05, 0) is 36.8 Å². The van der Waals surface area contributed by atoms with Crippen molar-refractivity contribution in [2.24, 2.45) is 0 Å². The lowest BCUT2D eigenvalue weighted by Gasteiger charge is -2.12. The standard InChI is InChI=1S/C14H16FNO/c1-11(9-14-3-2-8-17-14)16-10-12-4-6-13(15)7-5-12/h2-8,11,16H,9-10H2,1H3. The summed E-state index contributed by atoms with van der Waals surface area (Å²) in [6.07, 6.45) is 2.54. The van der Waals surface area contributed by atoms with Crippen LogP contribution in [0.2, 0.25) is 0 Å². The Morgan fingerprint density at radius 2 is 2.00 bits per heavy atom. The molecule has 1 unspecified atom stereocenters. The predicted octanol–water partition coefficient (Wildman–Crippen LogP) is 3.14. The van der Waals surface area contributed by atoms with Gasteiger partial charge in [-0.25, -0.2) is 4.39 Å². The Kier molecular flexibility index (Phi) is 3.94. The third-order valence-corrected chi connectivity index (χ3v) is 2.66. The molecule has 0 aliphatic rings. The van der Waals surface area contributed by atoms with E-state index in [1.165, 1.54) is 12.1 Å². The van der Waals surface area contributed by atoms with Gasteiger partial charge >= 0.3 is 0 Å². The SMILES string of the molecule is CC(Cc1ccco1)NCc1ccc(F)cc1. The molecule has 2 nitrogen and oxygen atoms in total. The van der Waals surface area contributed by atoms with Crippen LogP contribution >= 0.6 is 0 Å². The highest BCUT2D eigenvalue weighted by molar-refractivity contribution is 5.15. The van der Waals surface area contributed by atoms with Gasteiger partial charge in [0, 0.05) is 19.0 Å². The second kappa shape index (κ2) is 5.64. The first-order chi connectivity index (χ1) is 8.24. The van der Waals surface area contributed by atoms with E-state index in [-0.39, 0.29) is 5.82 Å². The number of rotatable bonds is 5. The smallest absolute Gasteiger partial charge is 0.123 e. The van der Waals surface area contributed by atoms with Gasteiger partial charge in [0.15, 0.2) is 0 Å². The van der Waals surface area contributed by atoms with Crippen molar-refractivity contribution in [3.05, 3.63) is 59.8 Å². The van der Waals surface area contributed by atoms with Crippen LogP contribution in [0.1, 0.15) is 18.2 Å². The summed E-state index contributed by atoms with van der Waals surface area (Å²) in [7, 11) is 0. The molecule has 1 atom stereocenters. The van der Waals surface area contributed by atoms with Crippen LogP contribution in [0.25, 0.3) is 0 Å². The molecule has 3 heteroatoms. The van der Waals surface area contributed by atoms with E-state index in [1.54, 1.807) is 18.4 Å². The van der Waals surface area contributed by atoms with Crippen LogP contribution in [-0.4, -0.2) is 6.04 Å². The van der Waals surface area contributed by atoms with Crippen molar-refractivity contribution >= 4 is 0 Å². The summed E-state index contributed by atoms with van der Waals surface area (Å²) in [6.45, 7) is 2.84. The molecule has 0 bridgehead atoms. The number of nitrogens with one attached hydrogen (secondary N) is 1. The van der Waals surface area contributed by atoms with E-state index in [4.69, 9.17) is 4.42 Å². The fraction of sp³-hybridized carbons (Fsp3) is 0.286. The first kappa shape index (κ1) is 11.9. The van der Waals surface area contributed by atoms with Crippen molar-refractivity contribution in [2.75, 3.05) is 0 Å². The van der Waals surface area contributed by atoms with Gasteiger partial charge in [0.25, 0.3) is 0 Å². The minimum atomic E-state index is -0.197. The maximum absolute atomic E-state index is 12.7. The van der Waals surface area contributed by atoms with Gasteiger partial charge in [0.2, 0.25) is 0 Å². The molecule has 1 heterocycles. The average Bonchev–Trinajstić information content (AvgIpc) is 2.81. The third kappa shape index (κ3) is 3.71. The van der Waals surface area contributed by atoms with Crippen LogP contribution in [0.3, 0.4) is 0 Å². The van der Waals surface area contributed by atoms with Crippen molar-refractivity contribution < 1.29 is 8.81 Å². The first-order valence-electron chi connectivity index (χ1n) is 5.74. The van der Waals surface area contributed by atoms with E-state index in [0.717, 1.165) is 24.3 Å². The Labute approximate surface area is 100 Å². The molecule has 0 radical (unpaired) electrons. The number of furan rings is 1. The Hall–Kier alpha value is -1.61. The van der Waals surface area contributed by atoms with E-state index in [2.05, 4.69) is 12.2 Å². The largest absolute Gasteiger partial charge is 0.469 e. The monoisotopic (exact) mass is 233 g/mol. The second-order valence-electron chi connectivity index (χ2n) is 4.19. The van der Waals surface area contributed by atoms with Gasteiger partial charge in [-0.3, -0.25) is 0 Å². The molecule has 2 aromatic rings. The fourth-order valence-electron chi connectivity index (χ4n) is 1.70. The molecular formula is C14H16FNO. The zero-order chi connectivity index (χ0) is 12.1. The van der Waals surface area contributed by atoms with Crippen LogP contribution in [0.4, 0.5) is 4.39 Å². The molecule has 0 saturated heterocycles. The van der Waals surface area contributed by atoms with Gasteiger partial charge in [0.05, 0.1) is 6.26 Å². The molecule has 90 valence electrons. The lowest BCUT2D eigenvalue weighted by atomic mass is 10.1. The number of hydrogen-bond acceptors (Lipinski definition) is 2. The normalized spacial score (nSPS) is 12.6. The predicted molar refractivity (Wildman–Crippen MR) is 65.1 cm³/mol. The van der Waals surface area contributed by atoms with Crippen LogP contribution in [0.5, 0.6) is 0 Å². The van der Waals surface area contributed by atoms with E-state index in [0.29, 0.717) is 6.04 Å². The molecular weight excluding hydrogens is 217 g/mol. The third-order valence-electron chi connectivity index (χ3n) is 2.66. The highest BCUT2D eigenvalue weighted by Gasteiger charge is 2.05. The molecule has 0 fully saturated rings. The van der Waals surface area contributed by atoms with Gasteiger partial charge in [-0.2, -0.15) is 0 Å². The molecule has 0 saturated carbocycles. The van der Waals surface area contributed by atoms with Crippen molar-refractivity contribution in [3.8, 4) is 0 Å². The van der Waals surface area contributed by atoms with E-state index < -0.39 is 0 Å². The summed E-state index contributed by atoms with van der Waals surface area (Å²) in [5.74, 6) is 0.779. The minimum absolute atomic E-state index is 0.197. The Balaban J connectivity index is 1.79. The molecule has 17 heavy (non-hydrogen) atoms. The zero-order valence-corrected chi connectivity index (χ0v) is 9.82. The van der Waals surface area contributed by atoms with Gasteiger partial charge in [0.1, 0.15) is 11.6 Å². The van der Waals surface area contributed by atoms with E-state index in [9.17, 15) is 4.39 Å². The van der Waals surface area contributed by atoms with Crippen molar-refractivity contribution in [1.82, 2.24) is 5.32 Å². The number of benzene rings is 1. The Morgan fingerprint density at radius 1 is 1.24 bits per heavy atom. The average molecular weight is 233 g/mol. The summed E-state index contributed by atoms with van der Waals surface area (Å²) in [6, 6.07) is 10.7. The number of halogens is 1. The lowest BCUT2D eigenvalue weighted by Crippen LogP contribution is -2.27. The molecule has 2 rings (SSSR count). The van der Waals surface area contributed by atoms with Crippen molar-refractivity contribution in [1.29, 1.82) is 0 Å². The summed E-state index contributed by atoms with van der Waals surface area (Å²) in [5.41, 5.74) is 1.08. The molecule has 0 aliphatic carbocycles. The zero-order valence-electron chi connectivity index (χ0n) is 9.82. The Morgan fingerprint density at radius 3 is 2.65 bits per heavy atom. The summed E-state index contributed by atoms with van der Waals surface area (Å²) in [5, 5.41) is 3.37. The topological polar surface area (TPSA) is 25.2 Å². The van der Waals surface area contributed by atoms with Gasteiger partial charge in [-0.15, -0.1) is 0 Å². The summed E-state index contributed by atoms with van der Waals surface area (Å²) < 4.78 is 18.0. The minimum Gasteiger partial charge on any atom is -0.469 e. The molecule has 0 amide bonds. The second-order valence-corrected chi connectivity index (χ2v) is 4.19. The van der Waals surface area contributed by atoms with E-state index >= 15 is 0 Å². The van der Waals surface area contributed by atoms with Gasteiger partial charge < -0.3 is 9.73 Å². The van der Waals surface area contributed by atoms with E-state index in [1.807, 2.05) is 12.1 Å². The maximum atomic E-state index is 12.7. The van der Waals surface area contributed by atoms with Crippen LogP contribution in [0.15, 0.2) is 47.1 Å².